The number of fused-ring (bicyclic) bond motifs is 1. The molecule has 0 aliphatic carbocycles. The number of pyridine rings is 1. The smallest absolute Gasteiger partial charge is 0.156 e. The highest BCUT2D eigenvalue weighted by atomic mass is 35.5. The van der Waals surface area contributed by atoms with E-state index in [1.54, 1.807) is 6.07 Å². The van der Waals surface area contributed by atoms with Crippen molar-refractivity contribution >= 4 is 28.8 Å². The fourth-order valence-electron chi connectivity index (χ4n) is 2.47. The van der Waals surface area contributed by atoms with Crippen LogP contribution in [0.1, 0.15) is 12.6 Å². The Morgan fingerprint density at radius 1 is 1.24 bits per heavy atom. The second-order valence-electron chi connectivity index (χ2n) is 4.67. The van der Waals surface area contributed by atoms with Gasteiger partial charge in [-0.3, -0.25) is 0 Å². The van der Waals surface area contributed by atoms with E-state index < -0.39 is 0 Å². The predicted molar refractivity (Wildman–Crippen MR) is 83.8 cm³/mol. The van der Waals surface area contributed by atoms with E-state index in [1.165, 1.54) is 12.1 Å². The number of imidazole rings is 1. The Morgan fingerprint density at radius 2 is 2.10 bits per heavy atom. The van der Waals surface area contributed by atoms with Gasteiger partial charge in [-0.1, -0.05) is 12.1 Å². The summed E-state index contributed by atoms with van der Waals surface area (Å²) in [6.07, 6.45) is 1.93. The number of rotatable bonds is 4. The number of benzene rings is 1. The lowest BCUT2D eigenvalue weighted by Gasteiger charge is -2.21. The lowest BCUT2D eigenvalue weighted by molar-refractivity contribution is 0.627. The van der Waals surface area contributed by atoms with Gasteiger partial charge in [-0.15, -0.1) is 11.6 Å². The molecular weight excluding hydrogens is 289 g/mol. The topological polar surface area (TPSA) is 20.5 Å². The summed E-state index contributed by atoms with van der Waals surface area (Å²) in [5, 5.41) is 0. The summed E-state index contributed by atoms with van der Waals surface area (Å²) in [4.78, 5) is 6.61. The molecule has 3 nitrogen and oxygen atoms in total. The van der Waals surface area contributed by atoms with Crippen LogP contribution in [-0.2, 0) is 5.88 Å². The second kappa shape index (κ2) is 5.74. The Balaban J connectivity index is 2.17. The zero-order chi connectivity index (χ0) is 14.8. The monoisotopic (exact) mass is 303 g/mol. The van der Waals surface area contributed by atoms with E-state index in [4.69, 9.17) is 11.6 Å². The van der Waals surface area contributed by atoms with Crippen LogP contribution in [0.25, 0.3) is 5.65 Å². The minimum atomic E-state index is -0.262. The first-order chi connectivity index (χ1) is 10.2. The molecule has 3 aromatic rings. The van der Waals surface area contributed by atoms with Gasteiger partial charge in [0.05, 0.1) is 11.6 Å². The van der Waals surface area contributed by atoms with Gasteiger partial charge in [0.25, 0.3) is 0 Å². The summed E-state index contributed by atoms with van der Waals surface area (Å²) in [5.41, 5.74) is 2.50. The number of hydrogen-bond acceptors (Lipinski definition) is 2. The van der Waals surface area contributed by atoms with Gasteiger partial charge in [-0.25, -0.2) is 9.37 Å². The number of anilines is 2. The lowest BCUT2D eigenvalue weighted by Crippen LogP contribution is -2.18. The second-order valence-corrected chi connectivity index (χ2v) is 4.94. The van der Waals surface area contributed by atoms with Gasteiger partial charge in [0.1, 0.15) is 11.5 Å². The molecule has 0 unspecified atom stereocenters. The summed E-state index contributed by atoms with van der Waals surface area (Å²) in [6.45, 7) is 2.68. The SMILES string of the molecule is CCN(c1cccc(F)c1)c1nc2ccccn2c1CCl. The highest BCUT2D eigenvalue weighted by molar-refractivity contribution is 6.17. The van der Waals surface area contributed by atoms with E-state index in [0.717, 1.165) is 22.8 Å². The van der Waals surface area contributed by atoms with Crippen LogP contribution in [0.5, 0.6) is 0 Å². The highest BCUT2D eigenvalue weighted by Crippen LogP contribution is 2.30. The number of alkyl halides is 1. The quantitative estimate of drug-likeness (QED) is 0.667. The molecule has 21 heavy (non-hydrogen) atoms. The van der Waals surface area contributed by atoms with Crippen molar-refractivity contribution in [1.29, 1.82) is 0 Å². The Hall–Kier alpha value is -2.07. The molecule has 0 spiro atoms. The Labute approximate surface area is 127 Å². The Morgan fingerprint density at radius 3 is 2.81 bits per heavy atom. The molecule has 0 amide bonds. The first kappa shape index (κ1) is 13.9. The molecule has 2 aromatic heterocycles. The van der Waals surface area contributed by atoms with Crippen molar-refractivity contribution in [2.24, 2.45) is 0 Å². The number of nitrogens with zero attached hydrogens (tertiary/aromatic N) is 3. The van der Waals surface area contributed by atoms with Gasteiger partial charge in [0.15, 0.2) is 5.82 Å². The fraction of sp³-hybridized carbons (Fsp3) is 0.188. The van der Waals surface area contributed by atoms with Crippen molar-refractivity contribution in [3.63, 3.8) is 0 Å². The molecule has 0 aliphatic rings. The molecule has 1 aromatic carbocycles. The maximum absolute atomic E-state index is 13.5. The van der Waals surface area contributed by atoms with Gasteiger partial charge >= 0.3 is 0 Å². The van der Waals surface area contributed by atoms with Crippen LogP contribution >= 0.6 is 11.6 Å². The molecular formula is C16H15ClFN3. The average Bonchev–Trinajstić information content (AvgIpc) is 2.86. The van der Waals surface area contributed by atoms with Crippen LogP contribution in [0.3, 0.4) is 0 Å². The Bertz CT molecular complexity index is 769. The standard InChI is InChI=1S/C16H15ClFN3/c1-2-20(13-7-5-6-12(18)10-13)16-14(11-17)21-9-4-3-8-15(21)19-16/h3-10H,2,11H2,1H3. The summed E-state index contributed by atoms with van der Waals surface area (Å²) >= 11 is 6.11. The zero-order valence-electron chi connectivity index (χ0n) is 11.6. The van der Waals surface area contributed by atoms with Gasteiger partial charge in [-0.05, 0) is 37.3 Å². The number of aromatic nitrogens is 2. The third-order valence-corrected chi connectivity index (χ3v) is 3.68. The van der Waals surface area contributed by atoms with E-state index in [2.05, 4.69) is 4.98 Å². The van der Waals surface area contributed by atoms with Gasteiger partial charge in [0.2, 0.25) is 0 Å². The molecule has 3 rings (SSSR count). The molecule has 0 saturated carbocycles. The summed E-state index contributed by atoms with van der Waals surface area (Å²) in [7, 11) is 0. The van der Waals surface area contributed by atoms with Crippen LogP contribution in [0, 0.1) is 5.82 Å². The van der Waals surface area contributed by atoms with Crippen molar-refractivity contribution in [1.82, 2.24) is 9.38 Å². The van der Waals surface area contributed by atoms with E-state index in [0.29, 0.717) is 12.4 Å². The van der Waals surface area contributed by atoms with Gasteiger partial charge in [-0.2, -0.15) is 0 Å². The van der Waals surface area contributed by atoms with Crippen molar-refractivity contribution < 1.29 is 4.39 Å². The van der Waals surface area contributed by atoms with Crippen molar-refractivity contribution in [3.8, 4) is 0 Å². The van der Waals surface area contributed by atoms with Gasteiger partial charge < -0.3 is 9.30 Å². The molecule has 108 valence electrons. The molecule has 0 saturated heterocycles. The lowest BCUT2D eigenvalue weighted by atomic mass is 10.2. The zero-order valence-corrected chi connectivity index (χ0v) is 12.4. The molecule has 5 heteroatoms. The summed E-state index contributed by atoms with van der Waals surface area (Å²) in [6, 6.07) is 12.3. The molecule has 0 radical (unpaired) electrons. The van der Waals surface area contributed by atoms with Crippen LogP contribution < -0.4 is 4.90 Å². The van der Waals surface area contributed by atoms with Crippen LogP contribution in [0.2, 0.25) is 0 Å². The molecule has 0 fully saturated rings. The van der Waals surface area contributed by atoms with E-state index >= 15 is 0 Å². The Kier molecular flexibility index (Phi) is 3.80. The maximum Gasteiger partial charge on any atom is 0.156 e. The van der Waals surface area contributed by atoms with Crippen LogP contribution in [0.4, 0.5) is 15.9 Å². The van der Waals surface area contributed by atoms with Crippen molar-refractivity contribution in [2.45, 2.75) is 12.8 Å². The van der Waals surface area contributed by atoms with Crippen molar-refractivity contribution in [2.75, 3.05) is 11.4 Å². The normalized spacial score (nSPS) is 11.0. The largest absolute Gasteiger partial charge is 0.325 e. The third-order valence-electron chi connectivity index (χ3n) is 3.43. The maximum atomic E-state index is 13.5. The third kappa shape index (κ3) is 2.47. The molecule has 2 heterocycles. The predicted octanol–water partition coefficient (Wildman–Crippen LogP) is 4.37. The van der Waals surface area contributed by atoms with E-state index in [9.17, 15) is 4.39 Å². The molecule has 0 aliphatic heterocycles. The first-order valence-corrected chi connectivity index (χ1v) is 7.33. The summed E-state index contributed by atoms with van der Waals surface area (Å²) in [5.74, 6) is 0.846. The molecule has 0 N–H and O–H groups in total. The first-order valence-electron chi connectivity index (χ1n) is 6.79. The number of halogens is 2. The van der Waals surface area contributed by atoms with Crippen molar-refractivity contribution in [3.05, 3.63) is 60.2 Å². The number of hydrogen-bond donors (Lipinski definition) is 0. The average molecular weight is 304 g/mol. The molecule has 0 bridgehead atoms. The van der Waals surface area contributed by atoms with E-state index in [-0.39, 0.29) is 5.82 Å². The van der Waals surface area contributed by atoms with E-state index in [1.807, 2.05) is 46.7 Å². The minimum absolute atomic E-state index is 0.262. The minimum Gasteiger partial charge on any atom is -0.325 e. The van der Waals surface area contributed by atoms with Crippen LogP contribution in [0.15, 0.2) is 48.7 Å². The fourth-order valence-corrected chi connectivity index (χ4v) is 2.72. The summed E-state index contributed by atoms with van der Waals surface area (Å²) < 4.78 is 15.5. The van der Waals surface area contributed by atoms with Gasteiger partial charge in [0, 0.05) is 18.4 Å². The highest BCUT2D eigenvalue weighted by Gasteiger charge is 2.18. The van der Waals surface area contributed by atoms with Crippen LogP contribution in [-0.4, -0.2) is 15.9 Å². The molecule has 0 atom stereocenters.